The Labute approximate surface area is 101 Å². The van der Waals surface area contributed by atoms with Crippen molar-refractivity contribution in [1.82, 2.24) is 10.2 Å². The van der Waals surface area contributed by atoms with Gasteiger partial charge in [0.15, 0.2) is 0 Å². The van der Waals surface area contributed by atoms with Crippen molar-refractivity contribution < 1.29 is 0 Å². The standard InChI is InChI=1S/C13H18N2S/c1-2-12-13(5-8-15(12)7-1)10-4-9-16-11(10)3-6-14-13/h4,9,12,14H,1-3,5-8H2. The first-order valence-electron chi connectivity index (χ1n) is 6.46. The maximum atomic E-state index is 3.87. The molecule has 0 saturated carbocycles. The van der Waals surface area contributed by atoms with E-state index in [1.54, 1.807) is 10.4 Å². The molecule has 1 N–H and O–H groups in total. The van der Waals surface area contributed by atoms with Gasteiger partial charge in [0, 0.05) is 24.0 Å². The highest BCUT2D eigenvalue weighted by atomic mass is 32.1. The second-order valence-corrected chi connectivity index (χ2v) is 6.35. The lowest BCUT2D eigenvalue weighted by Gasteiger charge is -2.40. The first kappa shape index (κ1) is 9.63. The Morgan fingerprint density at radius 1 is 1.44 bits per heavy atom. The first-order chi connectivity index (χ1) is 7.90. The lowest BCUT2D eigenvalue weighted by molar-refractivity contribution is 0.218. The summed E-state index contributed by atoms with van der Waals surface area (Å²) in [6, 6.07) is 3.16. The number of nitrogens with zero attached hydrogens (tertiary/aromatic N) is 1. The smallest absolute Gasteiger partial charge is 0.0615 e. The fourth-order valence-corrected chi connectivity index (χ4v) is 5.05. The van der Waals surface area contributed by atoms with Gasteiger partial charge in [-0.05, 0) is 49.2 Å². The molecule has 4 rings (SSSR count). The zero-order valence-electron chi connectivity index (χ0n) is 9.54. The summed E-state index contributed by atoms with van der Waals surface area (Å²) in [7, 11) is 0. The van der Waals surface area contributed by atoms with Gasteiger partial charge in [0.1, 0.15) is 0 Å². The number of rotatable bonds is 0. The van der Waals surface area contributed by atoms with Crippen molar-refractivity contribution in [2.75, 3.05) is 19.6 Å². The van der Waals surface area contributed by atoms with E-state index in [0.717, 1.165) is 6.04 Å². The van der Waals surface area contributed by atoms with Crippen LogP contribution in [0, 0.1) is 0 Å². The minimum atomic E-state index is 0.323. The number of fused-ring (bicyclic) bond motifs is 4. The van der Waals surface area contributed by atoms with E-state index < -0.39 is 0 Å². The van der Waals surface area contributed by atoms with Gasteiger partial charge >= 0.3 is 0 Å². The van der Waals surface area contributed by atoms with Crippen molar-refractivity contribution in [2.24, 2.45) is 0 Å². The van der Waals surface area contributed by atoms with Gasteiger partial charge in [-0.15, -0.1) is 11.3 Å². The summed E-state index contributed by atoms with van der Waals surface area (Å²) >= 11 is 1.96. The van der Waals surface area contributed by atoms with E-state index in [4.69, 9.17) is 0 Å². The Morgan fingerprint density at radius 3 is 3.44 bits per heavy atom. The molecule has 1 aromatic rings. The highest BCUT2D eigenvalue weighted by Crippen LogP contribution is 2.46. The Kier molecular flexibility index (Phi) is 1.99. The Balaban J connectivity index is 1.83. The molecule has 1 aromatic heterocycles. The SMILES string of the molecule is c1cc2c(s1)CCNC21CCN2CCCC21. The molecule has 0 aliphatic carbocycles. The number of thiophene rings is 1. The van der Waals surface area contributed by atoms with Crippen molar-refractivity contribution in [3.63, 3.8) is 0 Å². The topological polar surface area (TPSA) is 15.3 Å². The summed E-state index contributed by atoms with van der Waals surface area (Å²) in [4.78, 5) is 4.35. The fraction of sp³-hybridized carbons (Fsp3) is 0.692. The van der Waals surface area contributed by atoms with E-state index in [9.17, 15) is 0 Å². The van der Waals surface area contributed by atoms with Gasteiger partial charge in [-0.3, -0.25) is 4.90 Å². The molecule has 2 fully saturated rings. The van der Waals surface area contributed by atoms with E-state index in [0.29, 0.717) is 5.54 Å². The van der Waals surface area contributed by atoms with Crippen molar-refractivity contribution >= 4 is 11.3 Å². The minimum absolute atomic E-state index is 0.323. The van der Waals surface area contributed by atoms with Crippen LogP contribution in [0.3, 0.4) is 0 Å². The molecule has 2 unspecified atom stereocenters. The van der Waals surface area contributed by atoms with Crippen LogP contribution in [0.5, 0.6) is 0 Å². The largest absolute Gasteiger partial charge is 0.306 e. The third kappa shape index (κ3) is 1.09. The molecule has 1 spiro atoms. The van der Waals surface area contributed by atoms with Crippen LogP contribution in [0.15, 0.2) is 11.4 Å². The quantitative estimate of drug-likeness (QED) is 0.738. The first-order valence-corrected chi connectivity index (χ1v) is 7.34. The van der Waals surface area contributed by atoms with Gasteiger partial charge in [-0.2, -0.15) is 0 Å². The van der Waals surface area contributed by atoms with Gasteiger partial charge in [-0.25, -0.2) is 0 Å². The molecule has 0 bridgehead atoms. The molecule has 0 aromatic carbocycles. The maximum absolute atomic E-state index is 3.87. The van der Waals surface area contributed by atoms with Crippen LogP contribution in [-0.4, -0.2) is 30.6 Å². The van der Waals surface area contributed by atoms with Crippen molar-refractivity contribution in [1.29, 1.82) is 0 Å². The zero-order valence-corrected chi connectivity index (χ0v) is 10.4. The molecule has 3 aliphatic heterocycles. The third-order valence-electron chi connectivity index (χ3n) is 4.74. The molecule has 0 radical (unpaired) electrons. The highest BCUT2D eigenvalue weighted by molar-refractivity contribution is 7.10. The summed E-state index contributed by atoms with van der Waals surface area (Å²) in [6.07, 6.45) is 5.35. The molecule has 2 atom stereocenters. The maximum Gasteiger partial charge on any atom is 0.0615 e. The van der Waals surface area contributed by atoms with E-state index in [1.807, 2.05) is 11.3 Å². The number of hydrogen-bond donors (Lipinski definition) is 1. The molecular formula is C13H18N2S. The number of nitrogens with one attached hydrogen (secondary N) is 1. The van der Waals surface area contributed by atoms with Crippen LogP contribution in [-0.2, 0) is 12.0 Å². The molecule has 86 valence electrons. The summed E-state index contributed by atoms with van der Waals surface area (Å²) < 4.78 is 0. The van der Waals surface area contributed by atoms with Crippen molar-refractivity contribution in [3.8, 4) is 0 Å². The van der Waals surface area contributed by atoms with Crippen molar-refractivity contribution in [2.45, 2.75) is 37.3 Å². The monoisotopic (exact) mass is 234 g/mol. The van der Waals surface area contributed by atoms with Gasteiger partial charge in [0.05, 0.1) is 5.54 Å². The molecule has 16 heavy (non-hydrogen) atoms. The predicted molar refractivity (Wildman–Crippen MR) is 66.9 cm³/mol. The van der Waals surface area contributed by atoms with Crippen LogP contribution >= 0.6 is 11.3 Å². The van der Waals surface area contributed by atoms with Crippen LogP contribution in [0.25, 0.3) is 0 Å². The van der Waals surface area contributed by atoms with Crippen molar-refractivity contribution in [3.05, 3.63) is 21.9 Å². The molecule has 2 saturated heterocycles. The van der Waals surface area contributed by atoms with Gasteiger partial charge in [-0.1, -0.05) is 0 Å². The molecule has 0 amide bonds. The lowest BCUT2D eigenvalue weighted by Crippen LogP contribution is -2.53. The van der Waals surface area contributed by atoms with E-state index in [1.165, 1.54) is 45.3 Å². The second kappa shape index (κ2) is 3.31. The summed E-state index contributed by atoms with van der Waals surface area (Å²) in [5.41, 5.74) is 1.96. The minimum Gasteiger partial charge on any atom is -0.306 e. The lowest BCUT2D eigenvalue weighted by atomic mass is 9.79. The van der Waals surface area contributed by atoms with Crippen LogP contribution < -0.4 is 5.32 Å². The average Bonchev–Trinajstić information content (AvgIpc) is 2.97. The normalized spacial score (nSPS) is 37.9. The second-order valence-electron chi connectivity index (χ2n) is 5.35. The summed E-state index contributed by atoms with van der Waals surface area (Å²) in [5, 5.41) is 6.16. The van der Waals surface area contributed by atoms with Gasteiger partial charge < -0.3 is 5.32 Å². The van der Waals surface area contributed by atoms with E-state index in [2.05, 4.69) is 21.7 Å². The van der Waals surface area contributed by atoms with Crippen LogP contribution in [0.1, 0.15) is 29.7 Å². The van der Waals surface area contributed by atoms with Crippen LogP contribution in [0.2, 0.25) is 0 Å². The Morgan fingerprint density at radius 2 is 2.44 bits per heavy atom. The average molecular weight is 234 g/mol. The molecule has 3 heteroatoms. The van der Waals surface area contributed by atoms with Crippen LogP contribution in [0.4, 0.5) is 0 Å². The van der Waals surface area contributed by atoms with E-state index >= 15 is 0 Å². The summed E-state index contributed by atoms with van der Waals surface area (Å²) in [5.74, 6) is 0. The highest BCUT2D eigenvalue weighted by Gasteiger charge is 2.51. The predicted octanol–water partition coefficient (Wildman–Crippen LogP) is 1.96. The number of hydrogen-bond acceptors (Lipinski definition) is 3. The molecule has 4 heterocycles. The zero-order chi connectivity index (χ0) is 10.6. The molecule has 2 nitrogen and oxygen atoms in total. The molecular weight excluding hydrogens is 216 g/mol. The van der Waals surface area contributed by atoms with Gasteiger partial charge in [0.2, 0.25) is 0 Å². The third-order valence-corrected chi connectivity index (χ3v) is 5.73. The molecule has 3 aliphatic rings. The Bertz CT molecular complexity index is 414. The summed E-state index contributed by atoms with van der Waals surface area (Å²) in [6.45, 7) is 3.80. The fourth-order valence-electron chi connectivity index (χ4n) is 4.08. The van der Waals surface area contributed by atoms with Gasteiger partial charge in [0.25, 0.3) is 0 Å². The van der Waals surface area contributed by atoms with E-state index in [-0.39, 0.29) is 0 Å². The Hall–Kier alpha value is -0.380.